The average Bonchev–Trinajstić information content (AvgIpc) is 2.85. The molecule has 0 saturated heterocycles. The standard InChI is InChI=1S/C26H25FN2O4/c1-18(24(30)28-22(26(32)33-2)17-19-11-5-3-6-12-19)29(23-16-10-9-15-21(23)27)25(31)20-13-7-4-8-14-20/h3-16,18,22H,17H2,1-2H3,(H,28,30)/t18-,22-/m1/s1. The van der Waals surface area contributed by atoms with E-state index in [9.17, 15) is 18.8 Å². The molecule has 33 heavy (non-hydrogen) atoms. The lowest BCUT2D eigenvalue weighted by molar-refractivity contribution is -0.145. The van der Waals surface area contributed by atoms with Crippen LogP contribution in [0.15, 0.2) is 84.9 Å². The molecule has 0 heterocycles. The molecule has 3 aromatic carbocycles. The lowest BCUT2D eigenvalue weighted by Crippen LogP contribution is -2.53. The minimum Gasteiger partial charge on any atom is -0.467 e. The molecule has 7 heteroatoms. The van der Waals surface area contributed by atoms with Gasteiger partial charge in [0, 0.05) is 12.0 Å². The molecule has 0 saturated carbocycles. The number of esters is 1. The molecule has 0 fully saturated rings. The zero-order valence-corrected chi connectivity index (χ0v) is 18.4. The van der Waals surface area contributed by atoms with Crippen LogP contribution in [0.1, 0.15) is 22.8 Å². The van der Waals surface area contributed by atoms with Crippen LogP contribution < -0.4 is 10.2 Å². The molecule has 2 atom stereocenters. The first-order chi connectivity index (χ1) is 15.9. The summed E-state index contributed by atoms with van der Waals surface area (Å²) in [6.07, 6.45) is 0.207. The second kappa shape index (κ2) is 11.0. The fourth-order valence-corrected chi connectivity index (χ4v) is 3.46. The molecule has 170 valence electrons. The number of nitrogens with zero attached hydrogens (tertiary/aromatic N) is 1. The van der Waals surface area contributed by atoms with Crippen molar-refractivity contribution in [3.05, 3.63) is 102 Å². The van der Waals surface area contributed by atoms with E-state index in [-0.39, 0.29) is 12.1 Å². The quantitative estimate of drug-likeness (QED) is 0.533. The van der Waals surface area contributed by atoms with Crippen molar-refractivity contribution < 1.29 is 23.5 Å². The number of para-hydroxylation sites is 1. The summed E-state index contributed by atoms with van der Waals surface area (Å²) in [5.41, 5.74) is 1.09. The number of carbonyl (C=O) groups excluding carboxylic acids is 3. The highest BCUT2D eigenvalue weighted by Gasteiger charge is 2.32. The number of amides is 2. The van der Waals surface area contributed by atoms with Gasteiger partial charge in [-0.25, -0.2) is 9.18 Å². The number of ether oxygens (including phenoxy) is 1. The Balaban J connectivity index is 1.90. The van der Waals surface area contributed by atoms with E-state index < -0.39 is 35.7 Å². The Morgan fingerprint density at radius 3 is 2.09 bits per heavy atom. The average molecular weight is 448 g/mol. The molecule has 0 radical (unpaired) electrons. The van der Waals surface area contributed by atoms with E-state index >= 15 is 0 Å². The predicted octanol–water partition coefficient (Wildman–Crippen LogP) is 3.76. The van der Waals surface area contributed by atoms with Crippen LogP contribution in [0.25, 0.3) is 0 Å². The molecule has 0 aliphatic rings. The molecule has 0 unspecified atom stereocenters. The summed E-state index contributed by atoms with van der Waals surface area (Å²) in [6.45, 7) is 1.49. The maximum absolute atomic E-state index is 14.7. The molecule has 6 nitrogen and oxygen atoms in total. The number of methoxy groups -OCH3 is 1. The number of rotatable bonds is 8. The van der Waals surface area contributed by atoms with Gasteiger partial charge in [0.2, 0.25) is 5.91 Å². The van der Waals surface area contributed by atoms with Crippen LogP contribution in [0.4, 0.5) is 10.1 Å². The maximum atomic E-state index is 14.7. The van der Waals surface area contributed by atoms with Crippen LogP contribution in [0.2, 0.25) is 0 Å². The third kappa shape index (κ3) is 5.83. The molecular weight excluding hydrogens is 423 g/mol. The second-order valence-electron chi connectivity index (χ2n) is 7.44. The molecule has 1 N–H and O–H groups in total. The molecule has 0 spiro atoms. The Kier molecular flexibility index (Phi) is 7.91. The van der Waals surface area contributed by atoms with Crippen molar-refractivity contribution in [1.82, 2.24) is 5.32 Å². The van der Waals surface area contributed by atoms with E-state index in [1.807, 2.05) is 30.3 Å². The minimum atomic E-state index is -1.11. The Bertz CT molecular complexity index is 1110. The highest BCUT2D eigenvalue weighted by Crippen LogP contribution is 2.24. The monoisotopic (exact) mass is 448 g/mol. The van der Waals surface area contributed by atoms with Gasteiger partial charge in [0.15, 0.2) is 0 Å². The van der Waals surface area contributed by atoms with Gasteiger partial charge in [0.25, 0.3) is 5.91 Å². The third-order valence-corrected chi connectivity index (χ3v) is 5.20. The summed E-state index contributed by atoms with van der Waals surface area (Å²) in [4.78, 5) is 39.9. The van der Waals surface area contributed by atoms with Crippen LogP contribution in [0.5, 0.6) is 0 Å². The summed E-state index contributed by atoms with van der Waals surface area (Å²) in [5.74, 6) is -2.42. The second-order valence-corrected chi connectivity index (χ2v) is 7.44. The van der Waals surface area contributed by atoms with Gasteiger partial charge in [0.1, 0.15) is 17.9 Å². The van der Waals surface area contributed by atoms with Crippen LogP contribution in [-0.4, -0.2) is 37.0 Å². The lowest BCUT2D eigenvalue weighted by atomic mass is 10.0. The molecule has 3 aromatic rings. The number of nitrogens with one attached hydrogen (secondary N) is 1. The molecule has 3 rings (SSSR count). The van der Waals surface area contributed by atoms with Crippen molar-refractivity contribution in [3.8, 4) is 0 Å². The fourth-order valence-electron chi connectivity index (χ4n) is 3.46. The maximum Gasteiger partial charge on any atom is 0.328 e. The Labute approximate surface area is 192 Å². The van der Waals surface area contributed by atoms with E-state index in [0.717, 1.165) is 10.5 Å². The van der Waals surface area contributed by atoms with Gasteiger partial charge >= 0.3 is 5.97 Å². The lowest BCUT2D eigenvalue weighted by Gasteiger charge is -2.30. The van der Waals surface area contributed by atoms with E-state index in [1.165, 1.54) is 32.2 Å². The summed E-state index contributed by atoms with van der Waals surface area (Å²) < 4.78 is 19.5. The molecule has 0 aliphatic heterocycles. The fraction of sp³-hybridized carbons (Fsp3) is 0.192. The van der Waals surface area contributed by atoms with Gasteiger partial charge in [0.05, 0.1) is 12.8 Å². The number of benzene rings is 3. The molecule has 0 aromatic heterocycles. The van der Waals surface area contributed by atoms with Crippen LogP contribution >= 0.6 is 0 Å². The van der Waals surface area contributed by atoms with Crippen molar-refractivity contribution in [3.63, 3.8) is 0 Å². The van der Waals surface area contributed by atoms with E-state index in [2.05, 4.69) is 5.32 Å². The van der Waals surface area contributed by atoms with Crippen LogP contribution in [-0.2, 0) is 20.7 Å². The van der Waals surface area contributed by atoms with Crippen molar-refractivity contribution in [2.75, 3.05) is 12.0 Å². The van der Waals surface area contributed by atoms with Gasteiger partial charge in [-0.2, -0.15) is 0 Å². The molecular formula is C26H25FN2O4. The van der Waals surface area contributed by atoms with Gasteiger partial charge in [-0.1, -0.05) is 60.7 Å². The van der Waals surface area contributed by atoms with Gasteiger partial charge < -0.3 is 10.1 Å². The summed E-state index contributed by atoms with van der Waals surface area (Å²) in [6, 6.07) is 21.1. The van der Waals surface area contributed by atoms with Crippen molar-refractivity contribution in [2.45, 2.75) is 25.4 Å². The highest BCUT2D eigenvalue weighted by molar-refractivity contribution is 6.10. The predicted molar refractivity (Wildman–Crippen MR) is 123 cm³/mol. The van der Waals surface area contributed by atoms with Gasteiger partial charge in [-0.05, 0) is 36.8 Å². The first-order valence-electron chi connectivity index (χ1n) is 10.5. The molecule has 0 aliphatic carbocycles. The topological polar surface area (TPSA) is 75.7 Å². The highest BCUT2D eigenvalue weighted by atomic mass is 19.1. The Morgan fingerprint density at radius 1 is 0.909 bits per heavy atom. The first-order valence-corrected chi connectivity index (χ1v) is 10.5. The largest absolute Gasteiger partial charge is 0.467 e. The number of anilines is 1. The number of hydrogen-bond acceptors (Lipinski definition) is 4. The Morgan fingerprint density at radius 2 is 1.48 bits per heavy atom. The third-order valence-electron chi connectivity index (χ3n) is 5.20. The van der Waals surface area contributed by atoms with Crippen molar-refractivity contribution >= 4 is 23.5 Å². The van der Waals surface area contributed by atoms with Crippen molar-refractivity contribution in [2.24, 2.45) is 0 Å². The number of halogens is 1. The smallest absolute Gasteiger partial charge is 0.328 e. The molecule has 0 bridgehead atoms. The SMILES string of the molecule is COC(=O)[C@@H](Cc1ccccc1)NC(=O)[C@@H](C)N(C(=O)c1ccccc1)c1ccccc1F. The summed E-state index contributed by atoms with van der Waals surface area (Å²) >= 11 is 0. The minimum absolute atomic E-state index is 0.0355. The zero-order valence-electron chi connectivity index (χ0n) is 18.4. The number of carbonyl (C=O) groups is 3. The normalized spacial score (nSPS) is 12.3. The van der Waals surface area contributed by atoms with E-state index in [1.54, 1.807) is 36.4 Å². The van der Waals surface area contributed by atoms with Gasteiger partial charge in [-0.3, -0.25) is 14.5 Å². The molecule has 2 amide bonds. The van der Waals surface area contributed by atoms with Gasteiger partial charge in [-0.15, -0.1) is 0 Å². The van der Waals surface area contributed by atoms with Crippen LogP contribution in [0, 0.1) is 5.82 Å². The Hall–Kier alpha value is -4.00. The van der Waals surface area contributed by atoms with E-state index in [0.29, 0.717) is 5.56 Å². The number of hydrogen-bond donors (Lipinski definition) is 1. The van der Waals surface area contributed by atoms with Crippen LogP contribution in [0.3, 0.4) is 0 Å². The summed E-state index contributed by atoms with van der Waals surface area (Å²) in [5, 5.41) is 2.66. The first kappa shape index (κ1) is 23.7. The summed E-state index contributed by atoms with van der Waals surface area (Å²) in [7, 11) is 1.24. The van der Waals surface area contributed by atoms with Crippen molar-refractivity contribution in [1.29, 1.82) is 0 Å². The zero-order chi connectivity index (χ0) is 23.8. The van der Waals surface area contributed by atoms with E-state index in [4.69, 9.17) is 4.74 Å².